The normalized spacial score (nSPS) is 21.2. The summed E-state index contributed by atoms with van der Waals surface area (Å²) in [5.41, 5.74) is 0.255. The third-order valence-corrected chi connectivity index (χ3v) is 4.13. The summed E-state index contributed by atoms with van der Waals surface area (Å²) in [6, 6.07) is -0.174. The molecule has 0 aliphatic carbocycles. The minimum atomic E-state index is -0.174. The van der Waals surface area contributed by atoms with Gasteiger partial charge in [-0.3, -0.25) is 4.79 Å². The van der Waals surface area contributed by atoms with Gasteiger partial charge < -0.3 is 15.4 Å². The van der Waals surface area contributed by atoms with Crippen molar-refractivity contribution in [1.29, 1.82) is 0 Å². The van der Waals surface area contributed by atoms with Crippen molar-refractivity contribution in [3.05, 3.63) is 0 Å². The topological polar surface area (TPSA) is 50.4 Å². The molecule has 1 unspecified atom stereocenters. The van der Waals surface area contributed by atoms with Gasteiger partial charge in [0.05, 0.1) is 13.2 Å². The van der Waals surface area contributed by atoms with Gasteiger partial charge in [-0.25, -0.2) is 0 Å². The summed E-state index contributed by atoms with van der Waals surface area (Å²) in [4.78, 5) is 11.9. The van der Waals surface area contributed by atoms with E-state index in [0.29, 0.717) is 13.2 Å². The first-order valence-electron chi connectivity index (χ1n) is 6.76. The molecule has 0 aromatic carbocycles. The van der Waals surface area contributed by atoms with E-state index in [-0.39, 0.29) is 17.4 Å². The molecule has 0 aromatic heterocycles. The van der Waals surface area contributed by atoms with Gasteiger partial charge in [-0.15, -0.1) is 0 Å². The van der Waals surface area contributed by atoms with Crippen LogP contribution in [0.5, 0.6) is 0 Å². The van der Waals surface area contributed by atoms with Gasteiger partial charge in [-0.1, -0.05) is 20.8 Å². The van der Waals surface area contributed by atoms with Gasteiger partial charge in [0, 0.05) is 13.1 Å². The highest BCUT2D eigenvalue weighted by Crippen LogP contribution is 2.29. The number of hydrogen-bond donors (Lipinski definition) is 2. The monoisotopic (exact) mass is 242 g/mol. The highest BCUT2D eigenvalue weighted by atomic mass is 16.5. The molecule has 2 N–H and O–H groups in total. The van der Waals surface area contributed by atoms with Gasteiger partial charge in [-0.05, 0) is 24.7 Å². The Labute approximate surface area is 104 Å². The van der Waals surface area contributed by atoms with Crippen LogP contribution in [0.1, 0.15) is 40.0 Å². The predicted octanol–water partition coefficient (Wildman–Crippen LogP) is 1.31. The molecule has 1 aliphatic heterocycles. The van der Waals surface area contributed by atoms with Crippen molar-refractivity contribution in [3.63, 3.8) is 0 Å². The quantitative estimate of drug-likeness (QED) is 0.738. The maximum Gasteiger partial charge on any atom is 0.239 e. The van der Waals surface area contributed by atoms with E-state index in [2.05, 4.69) is 31.4 Å². The van der Waals surface area contributed by atoms with Crippen LogP contribution < -0.4 is 10.6 Å². The number of carbonyl (C=O) groups is 1. The van der Waals surface area contributed by atoms with E-state index in [1.165, 1.54) is 0 Å². The van der Waals surface area contributed by atoms with Crippen LogP contribution >= 0.6 is 0 Å². The first-order chi connectivity index (χ1) is 8.17. The Hall–Kier alpha value is -0.610. The van der Waals surface area contributed by atoms with Crippen molar-refractivity contribution < 1.29 is 9.53 Å². The number of amides is 1. The Morgan fingerprint density at radius 1 is 1.35 bits per heavy atom. The van der Waals surface area contributed by atoms with Crippen molar-refractivity contribution in [2.75, 3.05) is 26.3 Å². The Morgan fingerprint density at radius 2 is 2.00 bits per heavy atom. The van der Waals surface area contributed by atoms with Crippen LogP contribution in [0.15, 0.2) is 0 Å². The lowest BCUT2D eigenvalue weighted by molar-refractivity contribution is -0.126. The number of rotatable bonds is 6. The molecule has 1 atom stereocenters. The average molecular weight is 242 g/mol. The number of ether oxygens (including phenoxy) is 1. The molecule has 0 aromatic rings. The summed E-state index contributed by atoms with van der Waals surface area (Å²) in [6.45, 7) is 9.31. The lowest BCUT2D eigenvalue weighted by Gasteiger charge is -2.32. The maximum atomic E-state index is 11.9. The van der Waals surface area contributed by atoms with Gasteiger partial charge in [0.2, 0.25) is 5.91 Å². The Morgan fingerprint density at radius 3 is 2.47 bits per heavy atom. The first kappa shape index (κ1) is 14.5. The van der Waals surface area contributed by atoms with Crippen LogP contribution in [-0.4, -0.2) is 38.3 Å². The summed E-state index contributed by atoms with van der Waals surface area (Å²) in [6.07, 6.45) is 3.32. The fraction of sp³-hybridized carbons (Fsp3) is 0.923. The number of morpholine rings is 1. The van der Waals surface area contributed by atoms with Gasteiger partial charge >= 0.3 is 0 Å². The highest BCUT2D eigenvalue weighted by molar-refractivity contribution is 5.82. The lowest BCUT2D eigenvalue weighted by atomic mass is 9.80. The van der Waals surface area contributed by atoms with Crippen molar-refractivity contribution >= 4 is 5.91 Å². The number of nitrogens with one attached hydrogen (secondary N) is 2. The zero-order valence-corrected chi connectivity index (χ0v) is 11.3. The summed E-state index contributed by atoms with van der Waals surface area (Å²) in [5, 5.41) is 6.24. The van der Waals surface area contributed by atoms with E-state index in [1.807, 2.05) is 0 Å². The fourth-order valence-corrected chi connectivity index (χ4v) is 2.26. The minimum absolute atomic E-state index is 0.0735. The fourth-order valence-electron chi connectivity index (χ4n) is 2.26. The second-order valence-electron chi connectivity index (χ2n) is 4.86. The zero-order valence-electron chi connectivity index (χ0n) is 11.3. The Bertz CT molecular complexity index is 225. The maximum absolute atomic E-state index is 11.9. The van der Waals surface area contributed by atoms with Crippen LogP contribution in [0.25, 0.3) is 0 Å². The third kappa shape index (κ3) is 3.96. The van der Waals surface area contributed by atoms with Crippen molar-refractivity contribution in [2.24, 2.45) is 5.41 Å². The molecular weight excluding hydrogens is 216 g/mol. The van der Waals surface area contributed by atoms with Crippen LogP contribution in [0.4, 0.5) is 0 Å². The summed E-state index contributed by atoms with van der Waals surface area (Å²) >= 11 is 0. The van der Waals surface area contributed by atoms with E-state index in [9.17, 15) is 4.79 Å². The second-order valence-corrected chi connectivity index (χ2v) is 4.86. The molecule has 0 radical (unpaired) electrons. The molecule has 1 fully saturated rings. The van der Waals surface area contributed by atoms with Crippen molar-refractivity contribution in [1.82, 2.24) is 10.6 Å². The predicted molar refractivity (Wildman–Crippen MR) is 68.9 cm³/mol. The van der Waals surface area contributed by atoms with Gasteiger partial charge in [-0.2, -0.15) is 0 Å². The molecule has 1 amide bonds. The molecule has 4 heteroatoms. The highest BCUT2D eigenvalue weighted by Gasteiger charge is 2.27. The second kappa shape index (κ2) is 6.97. The zero-order chi connectivity index (χ0) is 12.7. The average Bonchev–Trinajstić information content (AvgIpc) is 2.41. The molecule has 1 heterocycles. The third-order valence-electron chi connectivity index (χ3n) is 4.13. The van der Waals surface area contributed by atoms with Gasteiger partial charge in [0.1, 0.15) is 6.04 Å². The van der Waals surface area contributed by atoms with Crippen molar-refractivity contribution in [2.45, 2.75) is 46.1 Å². The largest absolute Gasteiger partial charge is 0.378 e. The number of hydrogen-bond acceptors (Lipinski definition) is 3. The minimum Gasteiger partial charge on any atom is -0.378 e. The summed E-state index contributed by atoms with van der Waals surface area (Å²) in [5.74, 6) is 0.0735. The summed E-state index contributed by atoms with van der Waals surface area (Å²) in [7, 11) is 0. The van der Waals surface area contributed by atoms with Crippen LogP contribution in [0.3, 0.4) is 0 Å². The van der Waals surface area contributed by atoms with Crippen LogP contribution in [0, 0.1) is 5.41 Å². The van der Waals surface area contributed by atoms with Gasteiger partial charge in [0.15, 0.2) is 0 Å². The molecule has 0 bridgehead atoms. The summed E-state index contributed by atoms with van der Waals surface area (Å²) < 4.78 is 5.29. The van der Waals surface area contributed by atoms with Crippen molar-refractivity contribution in [3.8, 4) is 0 Å². The Kier molecular flexibility index (Phi) is 5.92. The smallest absolute Gasteiger partial charge is 0.239 e. The lowest BCUT2D eigenvalue weighted by Crippen LogP contribution is -2.52. The van der Waals surface area contributed by atoms with E-state index in [0.717, 1.165) is 32.4 Å². The number of carbonyl (C=O) groups excluding carboxylic acids is 1. The molecular formula is C13H26N2O2. The van der Waals surface area contributed by atoms with Gasteiger partial charge in [0.25, 0.3) is 0 Å². The molecule has 17 heavy (non-hydrogen) atoms. The molecule has 100 valence electrons. The standard InChI is InChI=1S/C13H26N2O2/c1-4-13(5-2,6-3)10-15-12(16)11-9-17-8-7-14-11/h11,14H,4-10H2,1-3H3,(H,15,16). The van der Waals surface area contributed by atoms with E-state index in [4.69, 9.17) is 4.74 Å². The Balaban J connectivity index is 2.40. The van der Waals surface area contributed by atoms with Crippen LogP contribution in [0.2, 0.25) is 0 Å². The first-order valence-corrected chi connectivity index (χ1v) is 6.76. The molecule has 0 saturated carbocycles. The van der Waals surface area contributed by atoms with E-state index in [1.54, 1.807) is 0 Å². The van der Waals surface area contributed by atoms with E-state index < -0.39 is 0 Å². The molecule has 1 rings (SSSR count). The van der Waals surface area contributed by atoms with E-state index >= 15 is 0 Å². The molecule has 1 aliphatic rings. The SMILES string of the molecule is CCC(CC)(CC)CNC(=O)C1COCCN1. The molecule has 1 saturated heterocycles. The molecule has 0 spiro atoms. The van der Waals surface area contributed by atoms with Crippen LogP contribution in [-0.2, 0) is 9.53 Å². The molecule has 4 nitrogen and oxygen atoms in total.